The van der Waals surface area contributed by atoms with Crippen LogP contribution in [0.25, 0.3) is 10.9 Å². The van der Waals surface area contributed by atoms with E-state index in [4.69, 9.17) is 4.74 Å². The molecule has 0 unspecified atom stereocenters. The Balaban J connectivity index is 1.85. The van der Waals surface area contributed by atoms with Gasteiger partial charge < -0.3 is 10.1 Å². The highest BCUT2D eigenvalue weighted by atomic mass is 16.5. The molecule has 3 aromatic rings. The molecule has 0 radical (unpaired) electrons. The fourth-order valence-electron chi connectivity index (χ4n) is 2.74. The number of fused-ring (bicyclic) bond motifs is 1. The molecule has 6 nitrogen and oxygen atoms in total. The molecule has 3 rings (SSSR count). The minimum atomic E-state index is -0.249. The predicted octanol–water partition coefficient (Wildman–Crippen LogP) is 3.70. The van der Waals surface area contributed by atoms with Gasteiger partial charge in [-0.1, -0.05) is 13.8 Å². The Morgan fingerprint density at radius 3 is 2.59 bits per heavy atom. The summed E-state index contributed by atoms with van der Waals surface area (Å²) in [6, 6.07) is 12.0. The van der Waals surface area contributed by atoms with Crippen LogP contribution in [0, 0.1) is 5.92 Å². The highest BCUT2D eigenvalue weighted by molar-refractivity contribution is 6.05. The molecule has 1 aromatic heterocycles. The predicted molar refractivity (Wildman–Crippen MR) is 106 cm³/mol. The largest absolute Gasteiger partial charge is 0.497 e. The van der Waals surface area contributed by atoms with E-state index in [-0.39, 0.29) is 11.5 Å². The Bertz CT molecular complexity index is 1010. The van der Waals surface area contributed by atoms with Crippen molar-refractivity contribution < 1.29 is 9.53 Å². The number of carbonyl (C=O) groups excluding carboxylic acids is 1. The van der Waals surface area contributed by atoms with Crippen molar-refractivity contribution in [3.05, 3.63) is 64.7 Å². The number of rotatable bonds is 6. The van der Waals surface area contributed by atoms with Crippen LogP contribution in [0.4, 0.5) is 5.69 Å². The van der Waals surface area contributed by atoms with Gasteiger partial charge in [0.15, 0.2) is 0 Å². The van der Waals surface area contributed by atoms with Gasteiger partial charge in [0.1, 0.15) is 5.75 Å². The van der Waals surface area contributed by atoms with E-state index in [1.54, 1.807) is 60.5 Å². The summed E-state index contributed by atoms with van der Waals surface area (Å²) >= 11 is 0. The third-order valence-corrected chi connectivity index (χ3v) is 4.38. The van der Waals surface area contributed by atoms with E-state index < -0.39 is 0 Å². The van der Waals surface area contributed by atoms with Gasteiger partial charge in [-0.05, 0) is 54.8 Å². The zero-order chi connectivity index (χ0) is 19.4. The summed E-state index contributed by atoms with van der Waals surface area (Å²) in [7, 11) is 1.58. The minimum Gasteiger partial charge on any atom is -0.497 e. The number of aromatic nitrogens is 2. The van der Waals surface area contributed by atoms with E-state index in [9.17, 15) is 9.59 Å². The van der Waals surface area contributed by atoms with Crippen molar-refractivity contribution in [1.29, 1.82) is 0 Å². The monoisotopic (exact) mass is 365 g/mol. The highest BCUT2D eigenvalue weighted by Gasteiger charge is 2.09. The van der Waals surface area contributed by atoms with Gasteiger partial charge in [-0.2, -0.15) is 0 Å². The molecule has 27 heavy (non-hydrogen) atoms. The number of hydrogen-bond donors (Lipinski definition) is 1. The number of nitrogens with zero attached hydrogens (tertiary/aromatic N) is 2. The first-order valence-electron chi connectivity index (χ1n) is 8.92. The lowest BCUT2D eigenvalue weighted by Gasteiger charge is -2.10. The average molecular weight is 365 g/mol. The van der Waals surface area contributed by atoms with Crippen LogP contribution in [0.15, 0.2) is 53.6 Å². The van der Waals surface area contributed by atoms with E-state index in [0.717, 1.165) is 6.42 Å². The van der Waals surface area contributed by atoms with Crippen LogP contribution in [0.1, 0.15) is 30.6 Å². The zero-order valence-corrected chi connectivity index (χ0v) is 15.7. The Labute approximate surface area is 157 Å². The maximum atomic E-state index is 12.7. The second-order valence-electron chi connectivity index (χ2n) is 6.84. The normalized spacial score (nSPS) is 11.0. The summed E-state index contributed by atoms with van der Waals surface area (Å²) in [5, 5.41) is 3.32. The lowest BCUT2D eigenvalue weighted by Crippen LogP contribution is -2.21. The fraction of sp³-hybridized carbons (Fsp3) is 0.286. The van der Waals surface area contributed by atoms with Crippen molar-refractivity contribution in [3.8, 4) is 5.75 Å². The first kappa shape index (κ1) is 18.6. The molecule has 0 saturated heterocycles. The first-order chi connectivity index (χ1) is 13.0. The van der Waals surface area contributed by atoms with Crippen LogP contribution in [-0.2, 0) is 6.54 Å². The van der Waals surface area contributed by atoms with Gasteiger partial charge in [0.25, 0.3) is 11.5 Å². The summed E-state index contributed by atoms with van der Waals surface area (Å²) in [5.74, 6) is 0.939. The van der Waals surface area contributed by atoms with Crippen molar-refractivity contribution in [2.24, 2.45) is 5.92 Å². The van der Waals surface area contributed by atoms with Gasteiger partial charge in [-0.25, -0.2) is 4.98 Å². The van der Waals surface area contributed by atoms with Gasteiger partial charge in [0.2, 0.25) is 0 Å². The molecule has 0 saturated carbocycles. The van der Waals surface area contributed by atoms with Crippen molar-refractivity contribution in [1.82, 2.24) is 9.55 Å². The quantitative estimate of drug-likeness (QED) is 0.723. The molecule has 6 heteroatoms. The minimum absolute atomic E-state index is 0.0961. The average Bonchev–Trinajstić information content (AvgIpc) is 2.67. The van der Waals surface area contributed by atoms with Crippen molar-refractivity contribution in [2.75, 3.05) is 12.4 Å². The van der Waals surface area contributed by atoms with Crippen molar-refractivity contribution in [2.45, 2.75) is 26.8 Å². The maximum Gasteiger partial charge on any atom is 0.261 e. The van der Waals surface area contributed by atoms with Crippen molar-refractivity contribution >= 4 is 22.5 Å². The lowest BCUT2D eigenvalue weighted by molar-refractivity contribution is 0.102. The van der Waals surface area contributed by atoms with Crippen LogP contribution in [0.3, 0.4) is 0 Å². The van der Waals surface area contributed by atoms with Crippen LogP contribution in [0.2, 0.25) is 0 Å². The number of hydrogen-bond acceptors (Lipinski definition) is 4. The number of ether oxygens (including phenoxy) is 1. The number of aryl methyl sites for hydroxylation is 1. The van der Waals surface area contributed by atoms with Gasteiger partial charge in [0, 0.05) is 17.8 Å². The summed E-state index contributed by atoms with van der Waals surface area (Å²) in [6.07, 6.45) is 2.49. The van der Waals surface area contributed by atoms with Crippen molar-refractivity contribution in [3.63, 3.8) is 0 Å². The second kappa shape index (κ2) is 8.03. The smallest absolute Gasteiger partial charge is 0.261 e. The summed E-state index contributed by atoms with van der Waals surface area (Å²) in [5.41, 5.74) is 1.59. The molecule has 0 aliphatic carbocycles. The lowest BCUT2D eigenvalue weighted by atomic mass is 10.1. The molecule has 0 fully saturated rings. The van der Waals surface area contributed by atoms with E-state index >= 15 is 0 Å². The van der Waals surface area contributed by atoms with E-state index in [1.165, 1.54) is 0 Å². The molecule has 1 heterocycles. The summed E-state index contributed by atoms with van der Waals surface area (Å²) in [6.45, 7) is 4.86. The Morgan fingerprint density at radius 1 is 1.19 bits per heavy atom. The molecule has 0 spiro atoms. The molecular weight excluding hydrogens is 342 g/mol. The first-order valence-corrected chi connectivity index (χ1v) is 8.92. The van der Waals surface area contributed by atoms with Gasteiger partial charge in [-0.3, -0.25) is 14.2 Å². The van der Waals surface area contributed by atoms with Crippen LogP contribution in [0.5, 0.6) is 5.75 Å². The Morgan fingerprint density at radius 2 is 1.93 bits per heavy atom. The van der Waals surface area contributed by atoms with Crippen LogP contribution in [-0.4, -0.2) is 22.6 Å². The van der Waals surface area contributed by atoms with E-state index in [2.05, 4.69) is 24.1 Å². The molecule has 1 amide bonds. The SMILES string of the molecule is COc1ccc(C(=O)Nc2ccc3ncn(CCC(C)C)c(=O)c3c2)cc1. The number of anilines is 1. The maximum absolute atomic E-state index is 12.7. The molecule has 2 aromatic carbocycles. The highest BCUT2D eigenvalue weighted by Crippen LogP contribution is 2.17. The number of nitrogens with one attached hydrogen (secondary N) is 1. The summed E-state index contributed by atoms with van der Waals surface area (Å²) < 4.78 is 6.72. The fourth-order valence-corrected chi connectivity index (χ4v) is 2.74. The van der Waals surface area contributed by atoms with Gasteiger partial charge in [-0.15, -0.1) is 0 Å². The standard InChI is InChI=1S/C21H23N3O3/c1-14(2)10-11-24-13-22-19-9-6-16(12-18(19)21(24)26)23-20(25)15-4-7-17(27-3)8-5-15/h4-9,12-14H,10-11H2,1-3H3,(H,23,25). The van der Waals surface area contributed by atoms with Crippen LogP contribution >= 0.6 is 0 Å². The zero-order valence-electron chi connectivity index (χ0n) is 15.7. The number of carbonyl (C=O) groups is 1. The third-order valence-electron chi connectivity index (χ3n) is 4.38. The van der Waals surface area contributed by atoms with Crippen LogP contribution < -0.4 is 15.6 Å². The number of methoxy groups -OCH3 is 1. The number of amides is 1. The topological polar surface area (TPSA) is 73.2 Å². The molecular formula is C21H23N3O3. The van der Waals surface area contributed by atoms with E-state index in [1.807, 2.05) is 0 Å². The molecule has 0 aliphatic heterocycles. The molecule has 1 N–H and O–H groups in total. The van der Waals surface area contributed by atoms with Gasteiger partial charge >= 0.3 is 0 Å². The molecule has 140 valence electrons. The third kappa shape index (κ3) is 4.34. The van der Waals surface area contributed by atoms with Gasteiger partial charge in [0.05, 0.1) is 24.3 Å². The Kier molecular flexibility index (Phi) is 5.54. The molecule has 0 aliphatic rings. The second-order valence-corrected chi connectivity index (χ2v) is 6.84. The molecule has 0 bridgehead atoms. The van der Waals surface area contributed by atoms with E-state index in [0.29, 0.717) is 40.4 Å². The summed E-state index contributed by atoms with van der Waals surface area (Å²) in [4.78, 5) is 29.5. The number of benzene rings is 2. The molecule has 0 atom stereocenters. The Hall–Kier alpha value is -3.15.